The summed E-state index contributed by atoms with van der Waals surface area (Å²) in [4.78, 5) is 10.3. The molecule has 0 unspecified atom stereocenters. The molecule has 0 amide bonds. The zero-order valence-corrected chi connectivity index (χ0v) is 10.2. The van der Waals surface area contributed by atoms with Gasteiger partial charge in [-0.1, -0.05) is 18.2 Å². The van der Waals surface area contributed by atoms with E-state index >= 15 is 0 Å². The van der Waals surface area contributed by atoms with Gasteiger partial charge in [-0.05, 0) is 12.1 Å². The predicted molar refractivity (Wildman–Crippen MR) is 66.1 cm³/mol. The first-order valence-corrected chi connectivity index (χ1v) is 6.76. The minimum Gasteiger partial charge on any atom is -0.382 e. The van der Waals surface area contributed by atoms with E-state index in [9.17, 15) is 18.5 Å². The van der Waals surface area contributed by atoms with Gasteiger partial charge in [-0.3, -0.25) is 10.1 Å². The van der Waals surface area contributed by atoms with Crippen LogP contribution in [0.4, 0.5) is 5.69 Å². The van der Waals surface area contributed by atoms with Crippen LogP contribution >= 0.6 is 0 Å². The smallest absolute Gasteiger partial charge is 0.306 e. The number of nitro benzene ring substituents is 1. The second kappa shape index (κ2) is 4.26. The van der Waals surface area contributed by atoms with Gasteiger partial charge < -0.3 is 4.18 Å². The lowest BCUT2D eigenvalue weighted by Gasteiger charge is -2.07. The molecule has 0 heterocycles. The second-order valence-electron chi connectivity index (χ2n) is 3.67. The maximum atomic E-state index is 11.1. The summed E-state index contributed by atoms with van der Waals surface area (Å²) >= 11 is 0. The van der Waals surface area contributed by atoms with Crippen molar-refractivity contribution >= 4 is 26.6 Å². The van der Waals surface area contributed by atoms with Gasteiger partial charge in [0.05, 0.1) is 16.6 Å². The molecule has 2 aromatic rings. The van der Waals surface area contributed by atoms with E-state index in [1.165, 1.54) is 12.1 Å². The number of rotatable bonds is 3. The molecule has 94 valence electrons. The zero-order chi connectivity index (χ0) is 13.3. The highest BCUT2D eigenvalue weighted by molar-refractivity contribution is 7.86. The van der Waals surface area contributed by atoms with Gasteiger partial charge in [-0.25, -0.2) is 0 Å². The van der Waals surface area contributed by atoms with Gasteiger partial charge in [0.25, 0.3) is 5.69 Å². The van der Waals surface area contributed by atoms with Crippen LogP contribution in [0.5, 0.6) is 5.75 Å². The molecule has 6 nitrogen and oxygen atoms in total. The molecule has 0 radical (unpaired) electrons. The van der Waals surface area contributed by atoms with Crippen molar-refractivity contribution in [1.29, 1.82) is 0 Å². The van der Waals surface area contributed by atoms with Crippen molar-refractivity contribution in [2.45, 2.75) is 0 Å². The van der Waals surface area contributed by atoms with E-state index in [1.807, 2.05) is 0 Å². The van der Waals surface area contributed by atoms with E-state index < -0.39 is 15.0 Å². The van der Waals surface area contributed by atoms with Gasteiger partial charge in [0, 0.05) is 11.5 Å². The number of hydrogen-bond donors (Lipinski definition) is 0. The molecule has 0 saturated carbocycles. The van der Waals surface area contributed by atoms with E-state index in [4.69, 9.17) is 4.18 Å². The van der Waals surface area contributed by atoms with Crippen molar-refractivity contribution in [2.24, 2.45) is 0 Å². The van der Waals surface area contributed by atoms with Crippen molar-refractivity contribution in [2.75, 3.05) is 6.26 Å². The summed E-state index contributed by atoms with van der Waals surface area (Å²) in [5, 5.41) is 11.6. The molecule has 0 aliphatic rings. The SMILES string of the molecule is CS(=O)(=O)Oc1ccc([N+](=O)[O-])c2ccccc12. The van der Waals surface area contributed by atoms with Gasteiger partial charge in [-0.2, -0.15) is 8.42 Å². The van der Waals surface area contributed by atoms with Crippen LogP contribution in [0.2, 0.25) is 0 Å². The Morgan fingerprint density at radius 1 is 1.11 bits per heavy atom. The Bertz CT molecular complexity index is 723. The van der Waals surface area contributed by atoms with E-state index in [0.29, 0.717) is 10.8 Å². The summed E-state index contributed by atoms with van der Waals surface area (Å²) in [5.74, 6) is 0.0821. The van der Waals surface area contributed by atoms with Crippen LogP contribution in [0, 0.1) is 10.1 Å². The molecule has 0 aliphatic carbocycles. The van der Waals surface area contributed by atoms with Crippen LogP contribution in [0.25, 0.3) is 10.8 Å². The van der Waals surface area contributed by atoms with Crippen LogP contribution in [0.3, 0.4) is 0 Å². The molecule has 2 aromatic carbocycles. The summed E-state index contributed by atoms with van der Waals surface area (Å²) in [6, 6.07) is 8.91. The second-order valence-corrected chi connectivity index (χ2v) is 5.25. The number of non-ortho nitro benzene ring substituents is 1. The summed E-state index contributed by atoms with van der Waals surface area (Å²) < 4.78 is 27.0. The first-order chi connectivity index (χ1) is 8.38. The van der Waals surface area contributed by atoms with Gasteiger partial charge in [0.1, 0.15) is 0 Å². The number of fused-ring (bicyclic) bond motifs is 1. The molecule has 0 aliphatic heterocycles. The maximum Gasteiger partial charge on any atom is 0.306 e. The summed E-state index contributed by atoms with van der Waals surface area (Å²) in [5.41, 5.74) is -0.0912. The molecule has 18 heavy (non-hydrogen) atoms. The highest BCUT2D eigenvalue weighted by atomic mass is 32.2. The van der Waals surface area contributed by atoms with Gasteiger partial charge in [0.15, 0.2) is 5.75 Å². The summed E-state index contributed by atoms with van der Waals surface area (Å²) in [6.07, 6.45) is 0.920. The standard InChI is InChI=1S/C11H9NO5S/c1-18(15,16)17-11-7-6-10(12(13)14)8-4-2-3-5-9(8)11/h2-7H,1H3. The molecule has 0 N–H and O–H groups in total. The summed E-state index contributed by atoms with van der Waals surface area (Å²) in [7, 11) is -3.67. The minimum absolute atomic E-state index is 0.0821. The minimum atomic E-state index is -3.67. The Balaban J connectivity index is 2.72. The third-order valence-electron chi connectivity index (χ3n) is 2.30. The Kier molecular flexibility index (Phi) is 2.92. The Labute approximate surface area is 103 Å². The molecule has 0 aromatic heterocycles. The van der Waals surface area contributed by atoms with E-state index in [1.54, 1.807) is 24.3 Å². The van der Waals surface area contributed by atoms with Crippen molar-refractivity contribution in [3.05, 3.63) is 46.5 Å². The first-order valence-electron chi connectivity index (χ1n) is 4.94. The van der Waals surface area contributed by atoms with Gasteiger partial charge >= 0.3 is 10.1 Å². The van der Waals surface area contributed by atoms with Crippen molar-refractivity contribution in [3.63, 3.8) is 0 Å². The number of nitro groups is 1. The largest absolute Gasteiger partial charge is 0.382 e. The average molecular weight is 267 g/mol. The number of hydrogen-bond acceptors (Lipinski definition) is 5. The molecular formula is C11H9NO5S. The molecular weight excluding hydrogens is 258 g/mol. The quantitative estimate of drug-likeness (QED) is 0.482. The molecule has 0 bridgehead atoms. The topological polar surface area (TPSA) is 86.5 Å². The Hall–Kier alpha value is -2.15. The number of benzene rings is 2. The molecule has 0 spiro atoms. The zero-order valence-electron chi connectivity index (χ0n) is 9.36. The molecule has 2 rings (SSSR count). The van der Waals surface area contributed by atoms with Crippen LogP contribution in [-0.2, 0) is 10.1 Å². The molecule has 7 heteroatoms. The average Bonchev–Trinajstić information content (AvgIpc) is 2.27. The van der Waals surface area contributed by atoms with Gasteiger partial charge in [0.2, 0.25) is 0 Å². The van der Waals surface area contributed by atoms with E-state index in [-0.39, 0.29) is 11.4 Å². The predicted octanol–water partition coefficient (Wildman–Crippen LogP) is 2.09. The Morgan fingerprint density at radius 2 is 1.72 bits per heavy atom. The van der Waals surface area contributed by atoms with Crippen LogP contribution in [-0.4, -0.2) is 19.6 Å². The lowest BCUT2D eigenvalue weighted by atomic mass is 10.1. The van der Waals surface area contributed by atoms with Crippen molar-refractivity contribution < 1.29 is 17.5 Å². The number of nitrogens with zero attached hydrogens (tertiary/aromatic N) is 1. The third kappa shape index (κ3) is 2.40. The van der Waals surface area contributed by atoms with Crippen molar-refractivity contribution in [3.8, 4) is 5.75 Å². The van der Waals surface area contributed by atoms with E-state index in [2.05, 4.69) is 0 Å². The lowest BCUT2D eigenvalue weighted by molar-refractivity contribution is -0.383. The molecule has 0 fully saturated rings. The normalized spacial score (nSPS) is 11.4. The third-order valence-corrected chi connectivity index (χ3v) is 2.78. The first kappa shape index (κ1) is 12.3. The van der Waals surface area contributed by atoms with Crippen LogP contribution < -0.4 is 4.18 Å². The molecule has 0 atom stereocenters. The monoisotopic (exact) mass is 267 g/mol. The van der Waals surface area contributed by atoms with Gasteiger partial charge in [-0.15, -0.1) is 0 Å². The van der Waals surface area contributed by atoms with E-state index in [0.717, 1.165) is 6.26 Å². The van der Waals surface area contributed by atoms with Crippen LogP contribution in [0.1, 0.15) is 0 Å². The van der Waals surface area contributed by atoms with Crippen molar-refractivity contribution in [1.82, 2.24) is 0 Å². The Morgan fingerprint density at radius 3 is 2.28 bits per heavy atom. The lowest BCUT2D eigenvalue weighted by Crippen LogP contribution is -2.06. The highest BCUT2D eigenvalue weighted by Crippen LogP contribution is 2.33. The maximum absolute atomic E-state index is 11.1. The fraction of sp³-hybridized carbons (Fsp3) is 0.0909. The molecule has 0 saturated heterocycles. The van der Waals surface area contributed by atoms with Crippen LogP contribution in [0.15, 0.2) is 36.4 Å². The summed E-state index contributed by atoms with van der Waals surface area (Å²) in [6.45, 7) is 0. The fourth-order valence-electron chi connectivity index (χ4n) is 1.65. The fourth-order valence-corrected chi connectivity index (χ4v) is 2.12. The highest BCUT2D eigenvalue weighted by Gasteiger charge is 2.16.